The summed E-state index contributed by atoms with van der Waals surface area (Å²) in [5.74, 6) is -0.398. The summed E-state index contributed by atoms with van der Waals surface area (Å²) in [6.07, 6.45) is 2.95. The highest BCUT2D eigenvalue weighted by Crippen LogP contribution is 2.24. The number of carbonyl (C=O) groups is 1. The highest BCUT2D eigenvalue weighted by atomic mass is 35.5. The number of thiophene rings is 1. The third-order valence-corrected chi connectivity index (χ3v) is 5.63. The number of nitrogens with one attached hydrogen (secondary N) is 1. The summed E-state index contributed by atoms with van der Waals surface area (Å²) in [6.45, 7) is 4.44. The predicted octanol–water partition coefficient (Wildman–Crippen LogP) is 4.13. The van der Waals surface area contributed by atoms with Crippen molar-refractivity contribution in [3.05, 3.63) is 67.8 Å². The third-order valence-electron chi connectivity index (χ3n) is 4.09. The van der Waals surface area contributed by atoms with Gasteiger partial charge in [0.05, 0.1) is 5.39 Å². The molecule has 0 aliphatic heterocycles. The molecule has 3 aromatic rings. The molecular weight excluding hydrogens is 396 g/mol. The minimum absolute atomic E-state index is 0.114. The number of nitrogens with zero attached hydrogens (tertiary/aromatic N) is 1. The highest BCUT2D eigenvalue weighted by molar-refractivity contribution is 7.18. The first-order chi connectivity index (χ1) is 13.5. The molecule has 1 amide bonds. The lowest BCUT2D eigenvalue weighted by atomic mass is 10.1. The van der Waals surface area contributed by atoms with Crippen LogP contribution in [0.25, 0.3) is 10.2 Å². The van der Waals surface area contributed by atoms with E-state index in [0.717, 1.165) is 15.3 Å². The summed E-state index contributed by atoms with van der Waals surface area (Å²) < 4.78 is 1.81. The van der Waals surface area contributed by atoms with Gasteiger partial charge in [-0.3, -0.25) is 9.59 Å². The fourth-order valence-electron chi connectivity index (χ4n) is 2.73. The van der Waals surface area contributed by atoms with Crippen molar-refractivity contribution >= 4 is 39.1 Å². The lowest BCUT2D eigenvalue weighted by Crippen LogP contribution is -2.29. The molecule has 1 aromatic carbocycles. The number of pyridine rings is 1. The van der Waals surface area contributed by atoms with E-state index >= 15 is 0 Å². The van der Waals surface area contributed by atoms with Crippen LogP contribution in [0, 0.1) is 0 Å². The van der Waals surface area contributed by atoms with Gasteiger partial charge in [-0.05, 0) is 36.6 Å². The Bertz CT molecular complexity index is 993. The van der Waals surface area contributed by atoms with E-state index in [1.807, 2.05) is 39.1 Å². The molecule has 0 saturated heterocycles. The zero-order valence-electron chi connectivity index (χ0n) is 16.3. The van der Waals surface area contributed by atoms with Gasteiger partial charge in [0, 0.05) is 36.3 Å². The maximum absolute atomic E-state index is 12.7. The van der Waals surface area contributed by atoms with Gasteiger partial charge in [0.15, 0.2) is 0 Å². The van der Waals surface area contributed by atoms with Crippen LogP contribution in [0.4, 0.5) is 0 Å². The molecule has 0 bridgehead atoms. The molecule has 0 fully saturated rings. The number of carbonyl (C=O) groups excluding carboxylic acids is 1. The molecule has 150 valence electrons. The molecule has 28 heavy (non-hydrogen) atoms. The summed E-state index contributed by atoms with van der Waals surface area (Å²) in [7, 11) is 1.82. The molecule has 0 aliphatic rings. The second-order valence-electron chi connectivity index (χ2n) is 6.05. The van der Waals surface area contributed by atoms with E-state index in [2.05, 4.69) is 5.32 Å². The second kappa shape index (κ2) is 10.4. The Hall–Kier alpha value is -2.15. The Kier molecular flexibility index (Phi) is 8.23. The van der Waals surface area contributed by atoms with E-state index < -0.39 is 5.91 Å². The van der Waals surface area contributed by atoms with Crippen LogP contribution in [-0.2, 0) is 20.0 Å². The van der Waals surface area contributed by atoms with Crippen LogP contribution in [-0.4, -0.2) is 22.2 Å². The number of aromatic nitrogens is 1. The van der Waals surface area contributed by atoms with Crippen molar-refractivity contribution in [2.45, 2.75) is 33.2 Å². The Morgan fingerprint density at radius 3 is 2.57 bits per heavy atom. The molecule has 0 radical (unpaired) electrons. The number of aliphatic hydroxyl groups excluding tert-OH is 1. The lowest BCUT2D eigenvalue weighted by Gasteiger charge is -2.07. The first kappa shape index (κ1) is 22.1. The standard InChI is InChI=1S/C19H19ClN2O3S.C2H6/c1-22-11-16(18(25)21-10-12-4-6-13(20)7-5-12)17(24)15-9-14(3-2-8-23)26-19(15)22;1-2/h4-7,9,11,23H,2-3,8,10H2,1H3,(H,21,25);1-2H3. The van der Waals surface area contributed by atoms with Gasteiger partial charge >= 0.3 is 0 Å². The summed E-state index contributed by atoms with van der Waals surface area (Å²) in [5.41, 5.74) is 0.765. The van der Waals surface area contributed by atoms with Crippen molar-refractivity contribution in [1.29, 1.82) is 0 Å². The van der Waals surface area contributed by atoms with E-state index in [1.165, 1.54) is 11.3 Å². The zero-order chi connectivity index (χ0) is 20.7. The molecule has 5 nitrogen and oxygen atoms in total. The Morgan fingerprint density at radius 1 is 1.25 bits per heavy atom. The topological polar surface area (TPSA) is 71.3 Å². The van der Waals surface area contributed by atoms with E-state index in [1.54, 1.807) is 22.9 Å². The maximum Gasteiger partial charge on any atom is 0.257 e. The average Bonchev–Trinajstić information content (AvgIpc) is 3.15. The molecule has 2 heterocycles. The van der Waals surface area contributed by atoms with E-state index in [9.17, 15) is 9.59 Å². The van der Waals surface area contributed by atoms with Crippen molar-refractivity contribution in [2.75, 3.05) is 6.61 Å². The van der Waals surface area contributed by atoms with Crippen molar-refractivity contribution in [3.63, 3.8) is 0 Å². The zero-order valence-corrected chi connectivity index (χ0v) is 17.9. The third kappa shape index (κ3) is 5.22. The fourth-order valence-corrected chi connectivity index (χ4v) is 3.99. The van der Waals surface area contributed by atoms with Gasteiger partial charge in [-0.15, -0.1) is 11.3 Å². The Morgan fingerprint density at radius 2 is 1.93 bits per heavy atom. The predicted molar refractivity (Wildman–Crippen MR) is 116 cm³/mol. The van der Waals surface area contributed by atoms with Crippen LogP contribution in [0.2, 0.25) is 5.02 Å². The highest BCUT2D eigenvalue weighted by Gasteiger charge is 2.16. The molecular formula is C21H25ClN2O3S. The Balaban J connectivity index is 0.00000136. The van der Waals surface area contributed by atoms with Crippen LogP contribution >= 0.6 is 22.9 Å². The first-order valence-corrected chi connectivity index (χ1v) is 10.4. The van der Waals surface area contributed by atoms with Gasteiger partial charge in [0.2, 0.25) is 5.43 Å². The smallest absolute Gasteiger partial charge is 0.257 e. The number of aliphatic hydroxyl groups is 1. The molecule has 2 N–H and O–H groups in total. The van der Waals surface area contributed by atoms with Crippen LogP contribution in [0.1, 0.15) is 41.1 Å². The van der Waals surface area contributed by atoms with E-state index in [-0.39, 0.29) is 17.6 Å². The van der Waals surface area contributed by atoms with E-state index in [0.29, 0.717) is 29.8 Å². The monoisotopic (exact) mass is 420 g/mol. The van der Waals surface area contributed by atoms with Crippen molar-refractivity contribution in [3.8, 4) is 0 Å². The molecule has 3 rings (SSSR count). The van der Waals surface area contributed by atoms with Gasteiger partial charge < -0.3 is 15.0 Å². The van der Waals surface area contributed by atoms with Crippen molar-refractivity contribution in [1.82, 2.24) is 9.88 Å². The molecule has 0 unspecified atom stereocenters. The molecule has 7 heteroatoms. The fraction of sp³-hybridized carbons (Fsp3) is 0.333. The molecule has 0 aliphatic carbocycles. The van der Waals surface area contributed by atoms with Gasteiger partial charge in [-0.1, -0.05) is 37.6 Å². The van der Waals surface area contributed by atoms with Crippen molar-refractivity contribution in [2.24, 2.45) is 7.05 Å². The normalized spacial score (nSPS) is 10.5. The number of benzene rings is 1. The number of rotatable bonds is 6. The lowest BCUT2D eigenvalue weighted by molar-refractivity contribution is 0.0949. The number of aryl methyl sites for hydroxylation is 2. The summed E-state index contributed by atoms with van der Waals surface area (Å²) in [6, 6.07) is 9.00. The number of halogens is 1. The van der Waals surface area contributed by atoms with Gasteiger partial charge in [-0.25, -0.2) is 0 Å². The largest absolute Gasteiger partial charge is 0.396 e. The average molecular weight is 421 g/mol. The van der Waals surface area contributed by atoms with Crippen LogP contribution < -0.4 is 10.7 Å². The molecule has 0 saturated carbocycles. The maximum atomic E-state index is 12.7. The second-order valence-corrected chi connectivity index (χ2v) is 7.60. The van der Waals surface area contributed by atoms with Crippen molar-refractivity contribution < 1.29 is 9.90 Å². The van der Waals surface area contributed by atoms with Crippen LogP contribution in [0.5, 0.6) is 0 Å². The number of hydrogen-bond donors (Lipinski definition) is 2. The quantitative estimate of drug-likeness (QED) is 0.629. The molecule has 2 aromatic heterocycles. The van der Waals surface area contributed by atoms with Gasteiger partial charge in [0.25, 0.3) is 5.91 Å². The SMILES string of the molecule is CC.Cn1cc(C(=O)NCc2ccc(Cl)cc2)c(=O)c2cc(CCCO)sc21. The van der Waals surface area contributed by atoms with Gasteiger partial charge in [0.1, 0.15) is 10.4 Å². The van der Waals surface area contributed by atoms with Crippen LogP contribution in [0.3, 0.4) is 0 Å². The summed E-state index contributed by atoms with van der Waals surface area (Å²) in [5, 5.41) is 12.9. The summed E-state index contributed by atoms with van der Waals surface area (Å²) in [4.78, 5) is 27.1. The number of fused-ring (bicyclic) bond motifs is 1. The Labute approximate surface area is 173 Å². The first-order valence-electron chi connectivity index (χ1n) is 9.25. The number of amides is 1. The van der Waals surface area contributed by atoms with Gasteiger partial charge in [-0.2, -0.15) is 0 Å². The minimum atomic E-state index is -0.398. The number of hydrogen-bond acceptors (Lipinski definition) is 4. The molecule has 0 atom stereocenters. The summed E-state index contributed by atoms with van der Waals surface area (Å²) >= 11 is 7.37. The minimum Gasteiger partial charge on any atom is -0.396 e. The van der Waals surface area contributed by atoms with Crippen LogP contribution in [0.15, 0.2) is 41.3 Å². The van der Waals surface area contributed by atoms with E-state index in [4.69, 9.17) is 16.7 Å². The molecule has 0 spiro atoms.